The number of benzene rings is 1. The Morgan fingerprint density at radius 1 is 1.38 bits per heavy atom. The molecule has 88 valence electrons. The molecule has 1 atom stereocenters. The zero-order chi connectivity index (χ0) is 12.2. The van der Waals surface area contributed by atoms with Crippen LogP contribution in [0.3, 0.4) is 0 Å². The maximum absolute atomic E-state index is 11.0. The molecule has 0 aliphatic carbocycles. The molecule has 16 heavy (non-hydrogen) atoms. The van der Waals surface area contributed by atoms with Crippen molar-refractivity contribution in [1.29, 1.82) is 0 Å². The molecule has 1 unspecified atom stereocenters. The second kappa shape index (κ2) is 4.99. The van der Waals surface area contributed by atoms with Crippen molar-refractivity contribution < 1.29 is 15.0 Å². The van der Waals surface area contributed by atoms with Crippen molar-refractivity contribution in [3.8, 4) is 5.75 Å². The van der Waals surface area contributed by atoms with E-state index in [4.69, 9.17) is 10.2 Å². The number of carbonyl (C=O) groups is 1. The lowest BCUT2D eigenvalue weighted by Crippen LogP contribution is -2.47. The van der Waals surface area contributed by atoms with Gasteiger partial charge in [0.05, 0.1) is 0 Å². The fourth-order valence-corrected chi connectivity index (χ4v) is 1.40. The van der Waals surface area contributed by atoms with E-state index in [0.717, 1.165) is 5.56 Å². The van der Waals surface area contributed by atoms with Crippen LogP contribution in [0.1, 0.15) is 18.9 Å². The molecule has 0 spiro atoms. The molecule has 0 aliphatic rings. The number of carboxylic acids is 1. The maximum Gasteiger partial charge on any atom is 0.323 e. The van der Waals surface area contributed by atoms with Gasteiger partial charge in [0, 0.05) is 0 Å². The summed E-state index contributed by atoms with van der Waals surface area (Å²) in [4.78, 5) is 11.0. The van der Waals surface area contributed by atoms with Gasteiger partial charge in [0.15, 0.2) is 0 Å². The summed E-state index contributed by atoms with van der Waals surface area (Å²) in [6.07, 6.45) is 1.16. The molecule has 4 heteroatoms. The molecule has 0 saturated carbocycles. The molecular weight excluding hydrogens is 206 g/mol. The fourth-order valence-electron chi connectivity index (χ4n) is 1.40. The molecule has 4 nitrogen and oxygen atoms in total. The Bertz CT molecular complexity index is 361. The number of phenols is 1. The van der Waals surface area contributed by atoms with Gasteiger partial charge in [0.1, 0.15) is 11.3 Å². The number of aliphatic carboxylic acids is 1. The van der Waals surface area contributed by atoms with Crippen molar-refractivity contribution in [3.05, 3.63) is 29.8 Å². The van der Waals surface area contributed by atoms with Gasteiger partial charge in [-0.25, -0.2) is 0 Å². The quantitative estimate of drug-likeness (QED) is 0.705. The van der Waals surface area contributed by atoms with E-state index < -0.39 is 11.5 Å². The van der Waals surface area contributed by atoms with E-state index >= 15 is 0 Å². The number of rotatable bonds is 5. The van der Waals surface area contributed by atoms with Crippen LogP contribution in [0, 0.1) is 0 Å². The first-order valence-electron chi connectivity index (χ1n) is 5.18. The minimum Gasteiger partial charge on any atom is -0.508 e. The predicted octanol–water partition coefficient (Wildman–Crippen LogP) is 1.39. The number of carboxylic acid groups (broad SMARTS) is 1. The van der Waals surface area contributed by atoms with Crippen LogP contribution in [0.25, 0.3) is 0 Å². The number of aromatic hydroxyl groups is 1. The SMILES string of the molecule is CNC(C)(CCc1ccc(O)cc1)C(=O)O. The van der Waals surface area contributed by atoms with Gasteiger partial charge < -0.3 is 15.5 Å². The molecule has 0 aromatic heterocycles. The van der Waals surface area contributed by atoms with Gasteiger partial charge in [-0.3, -0.25) is 4.79 Å². The van der Waals surface area contributed by atoms with Gasteiger partial charge in [-0.05, 0) is 44.5 Å². The van der Waals surface area contributed by atoms with Crippen molar-refractivity contribution >= 4 is 5.97 Å². The van der Waals surface area contributed by atoms with E-state index in [9.17, 15) is 4.79 Å². The van der Waals surface area contributed by atoms with Crippen LogP contribution >= 0.6 is 0 Å². The standard InChI is InChI=1S/C12H17NO3/c1-12(13-2,11(15)16)8-7-9-3-5-10(14)6-4-9/h3-6,13-14H,7-8H2,1-2H3,(H,15,16). The number of nitrogens with one attached hydrogen (secondary N) is 1. The molecular formula is C12H17NO3. The smallest absolute Gasteiger partial charge is 0.323 e. The normalized spacial score (nSPS) is 14.4. The topological polar surface area (TPSA) is 69.6 Å². The highest BCUT2D eigenvalue weighted by molar-refractivity contribution is 5.78. The lowest BCUT2D eigenvalue weighted by atomic mass is 9.93. The van der Waals surface area contributed by atoms with Gasteiger partial charge in [-0.2, -0.15) is 0 Å². The average Bonchev–Trinajstić information content (AvgIpc) is 2.27. The van der Waals surface area contributed by atoms with Crippen LogP contribution in [-0.4, -0.2) is 28.8 Å². The summed E-state index contributed by atoms with van der Waals surface area (Å²) >= 11 is 0. The monoisotopic (exact) mass is 223 g/mol. The third-order valence-corrected chi connectivity index (χ3v) is 2.87. The zero-order valence-corrected chi connectivity index (χ0v) is 9.53. The lowest BCUT2D eigenvalue weighted by molar-refractivity contribution is -0.144. The van der Waals surface area contributed by atoms with Crippen LogP contribution < -0.4 is 5.32 Å². The second-order valence-electron chi connectivity index (χ2n) is 4.05. The van der Waals surface area contributed by atoms with E-state index in [-0.39, 0.29) is 5.75 Å². The lowest BCUT2D eigenvalue weighted by Gasteiger charge is -2.23. The highest BCUT2D eigenvalue weighted by atomic mass is 16.4. The van der Waals surface area contributed by atoms with Gasteiger partial charge in [-0.15, -0.1) is 0 Å². The summed E-state index contributed by atoms with van der Waals surface area (Å²) in [5.74, 6) is -0.632. The summed E-state index contributed by atoms with van der Waals surface area (Å²) in [6, 6.07) is 6.81. The Morgan fingerprint density at radius 2 is 1.94 bits per heavy atom. The molecule has 0 saturated heterocycles. The molecule has 0 heterocycles. The van der Waals surface area contributed by atoms with Gasteiger partial charge >= 0.3 is 5.97 Å². The van der Waals surface area contributed by atoms with Crippen LogP contribution in [-0.2, 0) is 11.2 Å². The van der Waals surface area contributed by atoms with Crippen LogP contribution in [0.5, 0.6) is 5.75 Å². The molecule has 0 bridgehead atoms. The first-order valence-corrected chi connectivity index (χ1v) is 5.18. The third kappa shape index (κ3) is 2.97. The van der Waals surface area contributed by atoms with E-state index in [2.05, 4.69) is 5.32 Å². The van der Waals surface area contributed by atoms with Crippen molar-refractivity contribution in [2.45, 2.75) is 25.3 Å². The highest BCUT2D eigenvalue weighted by Crippen LogP contribution is 2.16. The Kier molecular flexibility index (Phi) is 3.90. The average molecular weight is 223 g/mol. The maximum atomic E-state index is 11.0. The Hall–Kier alpha value is -1.55. The summed E-state index contributed by atoms with van der Waals surface area (Å²) in [6.45, 7) is 1.66. The van der Waals surface area contributed by atoms with E-state index in [0.29, 0.717) is 12.8 Å². The molecule has 3 N–H and O–H groups in total. The van der Waals surface area contributed by atoms with Crippen LogP contribution in [0.4, 0.5) is 0 Å². The molecule has 0 fully saturated rings. The van der Waals surface area contributed by atoms with E-state index in [1.807, 2.05) is 0 Å². The molecule has 0 aliphatic heterocycles. The summed E-state index contributed by atoms with van der Waals surface area (Å²) < 4.78 is 0. The molecule has 0 amide bonds. The second-order valence-corrected chi connectivity index (χ2v) is 4.05. The van der Waals surface area contributed by atoms with E-state index in [1.165, 1.54) is 0 Å². The minimum atomic E-state index is -0.905. The van der Waals surface area contributed by atoms with Crippen LogP contribution in [0.15, 0.2) is 24.3 Å². The van der Waals surface area contributed by atoms with Crippen molar-refractivity contribution in [3.63, 3.8) is 0 Å². The molecule has 0 radical (unpaired) electrons. The largest absolute Gasteiger partial charge is 0.508 e. The first kappa shape index (κ1) is 12.5. The third-order valence-electron chi connectivity index (χ3n) is 2.87. The van der Waals surface area contributed by atoms with Gasteiger partial charge in [-0.1, -0.05) is 12.1 Å². The zero-order valence-electron chi connectivity index (χ0n) is 9.53. The van der Waals surface area contributed by atoms with Gasteiger partial charge in [0.2, 0.25) is 0 Å². The highest BCUT2D eigenvalue weighted by Gasteiger charge is 2.30. The van der Waals surface area contributed by atoms with Crippen molar-refractivity contribution in [1.82, 2.24) is 5.32 Å². The summed E-state index contributed by atoms with van der Waals surface area (Å²) in [7, 11) is 1.64. The van der Waals surface area contributed by atoms with E-state index in [1.54, 1.807) is 38.2 Å². The predicted molar refractivity (Wildman–Crippen MR) is 61.5 cm³/mol. The molecule has 1 rings (SSSR count). The van der Waals surface area contributed by atoms with Crippen molar-refractivity contribution in [2.75, 3.05) is 7.05 Å². The number of likely N-dealkylation sites (N-methyl/N-ethyl adjacent to an activating group) is 1. The molecule has 1 aromatic carbocycles. The fraction of sp³-hybridized carbons (Fsp3) is 0.417. The van der Waals surface area contributed by atoms with Crippen molar-refractivity contribution in [2.24, 2.45) is 0 Å². The van der Waals surface area contributed by atoms with Crippen LogP contribution in [0.2, 0.25) is 0 Å². The minimum absolute atomic E-state index is 0.221. The summed E-state index contributed by atoms with van der Waals surface area (Å²) in [5, 5.41) is 21.0. The van der Waals surface area contributed by atoms with Gasteiger partial charge in [0.25, 0.3) is 0 Å². The number of aryl methyl sites for hydroxylation is 1. The summed E-state index contributed by atoms with van der Waals surface area (Å²) in [5.41, 5.74) is 0.110. The first-order chi connectivity index (χ1) is 7.48. The number of phenolic OH excluding ortho intramolecular Hbond substituents is 1. The number of hydrogen-bond acceptors (Lipinski definition) is 3. The Morgan fingerprint density at radius 3 is 2.38 bits per heavy atom. The number of hydrogen-bond donors (Lipinski definition) is 3. The Labute approximate surface area is 94.9 Å². The molecule has 1 aromatic rings. The Balaban J connectivity index is 2.63.